The third kappa shape index (κ3) is 5.65. The van der Waals surface area contributed by atoms with E-state index in [-0.39, 0.29) is 36.8 Å². The smallest absolute Gasteiger partial charge is 0.407 e. The van der Waals surface area contributed by atoms with E-state index in [9.17, 15) is 19.5 Å². The molecule has 8 heteroatoms. The van der Waals surface area contributed by atoms with Gasteiger partial charge in [0.05, 0.1) is 6.54 Å². The minimum Gasteiger partial charge on any atom is -0.479 e. The van der Waals surface area contributed by atoms with Gasteiger partial charge in [-0.05, 0) is 54.4 Å². The van der Waals surface area contributed by atoms with Crippen molar-refractivity contribution in [3.05, 3.63) is 59.7 Å². The molecular formula is C27H32N2O6. The van der Waals surface area contributed by atoms with E-state index >= 15 is 0 Å². The summed E-state index contributed by atoms with van der Waals surface area (Å²) in [7, 11) is 0. The summed E-state index contributed by atoms with van der Waals surface area (Å²) in [6.07, 6.45) is 2.54. The second-order valence-corrected chi connectivity index (χ2v) is 9.73. The molecule has 4 N–H and O–H groups in total. The van der Waals surface area contributed by atoms with Crippen molar-refractivity contribution >= 4 is 18.0 Å². The third-order valence-electron chi connectivity index (χ3n) is 7.10. The highest BCUT2D eigenvalue weighted by atomic mass is 16.5. The van der Waals surface area contributed by atoms with Gasteiger partial charge in [-0.3, -0.25) is 4.79 Å². The Hall–Kier alpha value is -3.39. The van der Waals surface area contributed by atoms with Crippen LogP contribution in [0.25, 0.3) is 11.1 Å². The zero-order valence-electron chi connectivity index (χ0n) is 19.8. The Labute approximate surface area is 204 Å². The molecule has 0 spiro atoms. The average Bonchev–Trinajstić information content (AvgIpc) is 3.18. The van der Waals surface area contributed by atoms with Gasteiger partial charge in [0.25, 0.3) is 0 Å². The molecule has 3 unspecified atom stereocenters. The quantitative estimate of drug-likeness (QED) is 0.460. The molecule has 2 aromatic carbocycles. The molecule has 1 saturated carbocycles. The summed E-state index contributed by atoms with van der Waals surface area (Å²) in [6, 6.07) is 16.3. The van der Waals surface area contributed by atoms with Crippen LogP contribution in [0.15, 0.2) is 48.5 Å². The molecule has 2 amide bonds. The molecule has 2 aromatic rings. The number of ether oxygens (including phenoxy) is 1. The Morgan fingerprint density at radius 3 is 2.26 bits per heavy atom. The first-order chi connectivity index (χ1) is 16.8. The van der Waals surface area contributed by atoms with Crippen molar-refractivity contribution in [2.24, 2.45) is 11.8 Å². The molecule has 0 saturated heterocycles. The highest BCUT2D eigenvalue weighted by molar-refractivity contribution is 5.81. The first-order valence-electron chi connectivity index (χ1n) is 12.1. The number of nitrogens with one attached hydrogen (secondary N) is 2. The minimum absolute atomic E-state index is 0.00100. The molecule has 2 aliphatic carbocycles. The first kappa shape index (κ1) is 24.7. The fourth-order valence-corrected chi connectivity index (χ4v) is 5.07. The molecule has 0 radical (unpaired) electrons. The van der Waals surface area contributed by atoms with Crippen molar-refractivity contribution in [2.75, 3.05) is 19.7 Å². The molecular weight excluding hydrogens is 448 g/mol. The van der Waals surface area contributed by atoms with Gasteiger partial charge in [0.15, 0.2) is 5.60 Å². The largest absolute Gasteiger partial charge is 0.479 e. The van der Waals surface area contributed by atoms with E-state index in [1.165, 1.54) is 11.1 Å². The fourth-order valence-electron chi connectivity index (χ4n) is 5.07. The van der Waals surface area contributed by atoms with Crippen LogP contribution in [0.2, 0.25) is 0 Å². The summed E-state index contributed by atoms with van der Waals surface area (Å²) in [5.41, 5.74) is 2.66. The van der Waals surface area contributed by atoms with Crippen LogP contribution in [-0.4, -0.2) is 53.5 Å². The standard InChI is InChI=1S/C27H32N2O6/c1-27(34,25(31)32)16-29-24(30)18-8-6-7-17(13-18)14-28-26(33)35-15-23-21-11-4-2-9-19(21)20-10-3-5-12-22(20)23/h2-5,9-12,17-18,23,34H,6-8,13-16H2,1H3,(H,28,33)(H,29,30)(H,31,32). The van der Waals surface area contributed by atoms with Crippen molar-refractivity contribution < 1.29 is 29.3 Å². The number of carboxylic acids is 1. The summed E-state index contributed by atoms with van der Waals surface area (Å²) in [5.74, 6) is -1.80. The zero-order valence-corrected chi connectivity index (χ0v) is 19.8. The number of hydrogen-bond donors (Lipinski definition) is 4. The lowest BCUT2D eigenvalue weighted by Crippen LogP contribution is -2.48. The SMILES string of the molecule is CC(O)(CNC(=O)C1CCCC(CNC(=O)OCC2c3ccccc3-c3ccccc32)C1)C(=O)O. The van der Waals surface area contributed by atoms with Crippen molar-refractivity contribution in [1.29, 1.82) is 0 Å². The van der Waals surface area contributed by atoms with E-state index in [4.69, 9.17) is 9.84 Å². The molecule has 186 valence electrons. The number of rotatable bonds is 8. The highest BCUT2D eigenvalue weighted by Gasteiger charge is 2.33. The van der Waals surface area contributed by atoms with Crippen molar-refractivity contribution in [2.45, 2.75) is 44.1 Å². The lowest BCUT2D eigenvalue weighted by Gasteiger charge is -2.29. The van der Waals surface area contributed by atoms with E-state index in [1.807, 2.05) is 24.3 Å². The molecule has 35 heavy (non-hydrogen) atoms. The van der Waals surface area contributed by atoms with Gasteiger partial charge in [0.2, 0.25) is 5.91 Å². The maximum atomic E-state index is 12.5. The summed E-state index contributed by atoms with van der Waals surface area (Å²) in [4.78, 5) is 36.0. The molecule has 0 bridgehead atoms. The number of fused-ring (bicyclic) bond motifs is 3. The number of carbonyl (C=O) groups excluding carboxylic acids is 2. The van der Waals surface area contributed by atoms with Gasteiger partial charge in [0, 0.05) is 18.4 Å². The van der Waals surface area contributed by atoms with Crippen LogP contribution in [0, 0.1) is 11.8 Å². The molecule has 2 aliphatic rings. The summed E-state index contributed by atoms with van der Waals surface area (Å²) >= 11 is 0. The van der Waals surface area contributed by atoms with Gasteiger partial charge < -0.3 is 25.6 Å². The summed E-state index contributed by atoms with van der Waals surface area (Å²) in [5, 5.41) is 24.2. The normalized spacial score (nSPS) is 20.7. The van der Waals surface area contributed by atoms with Gasteiger partial charge in [0.1, 0.15) is 6.61 Å². The van der Waals surface area contributed by atoms with Crippen molar-refractivity contribution in [1.82, 2.24) is 10.6 Å². The van der Waals surface area contributed by atoms with Crippen LogP contribution in [0.1, 0.15) is 49.7 Å². The van der Waals surface area contributed by atoms with Crippen LogP contribution in [-0.2, 0) is 14.3 Å². The van der Waals surface area contributed by atoms with Gasteiger partial charge in [-0.2, -0.15) is 0 Å². The molecule has 8 nitrogen and oxygen atoms in total. The van der Waals surface area contributed by atoms with Gasteiger partial charge >= 0.3 is 12.1 Å². The number of carbonyl (C=O) groups is 3. The Morgan fingerprint density at radius 2 is 1.63 bits per heavy atom. The van der Waals surface area contributed by atoms with Crippen molar-refractivity contribution in [3.8, 4) is 11.1 Å². The third-order valence-corrected chi connectivity index (χ3v) is 7.10. The molecule has 0 aliphatic heterocycles. The minimum atomic E-state index is -2.00. The molecule has 0 heterocycles. The van der Waals surface area contributed by atoms with Crippen LogP contribution >= 0.6 is 0 Å². The average molecular weight is 481 g/mol. The van der Waals surface area contributed by atoms with E-state index in [0.29, 0.717) is 19.4 Å². The predicted octanol–water partition coefficient (Wildman–Crippen LogP) is 3.28. The maximum absolute atomic E-state index is 12.5. The number of benzene rings is 2. The molecule has 4 rings (SSSR count). The Kier molecular flexibility index (Phi) is 7.40. The summed E-state index contributed by atoms with van der Waals surface area (Å²) in [6.45, 7) is 1.46. The van der Waals surface area contributed by atoms with E-state index in [0.717, 1.165) is 30.9 Å². The van der Waals surface area contributed by atoms with Crippen LogP contribution < -0.4 is 10.6 Å². The Bertz CT molecular complexity index is 1050. The van der Waals surface area contributed by atoms with Gasteiger partial charge in [-0.1, -0.05) is 55.0 Å². The number of alkyl carbamates (subject to hydrolysis) is 1. The number of hydrogen-bond acceptors (Lipinski definition) is 5. The Morgan fingerprint density at radius 1 is 1.00 bits per heavy atom. The maximum Gasteiger partial charge on any atom is 0.407 e. The lowest BCUT2D eigenvalue weighted by molar-refractivity contribution is -0.156. The lowest BCUT2D eigenvalue weighted by atomic mass is 9.81. The molecule has 3 atom stereocenters. The van der Waals surface area contributed by atoms with Gasteiger partial charge in [-0.15, -0.1) is 0 Å². The molecule has 1 fully saturated rings. The monoisotopic (exact) mass is 480 g/mol. The van der Waals surface area contributed by atoms with Crippen LogP contribution in [0.3, 0.4) is 0 Å². The van der Waals surface area contributed by atoms with E-state index in [1.54, 1.807) is 0 Å². The number of aliphatic hydroxyl groups is 1. The topological polar surface area (TPSA) is 125 Å². The zero-order chi connectivity index (χ0) is 25.0. The van der Waals surface area contributed by atoms with E-state index in [2.05, 4.69) is 34.9 Å². The van der Waals surface area contributed by atoms with Crippen LogP contribution in [0.4, 0.5) is 4.79 Å². The van der Waals surface area contributed by atoms with Gasteiger partial charge in [-0.25, -0.2) is 9.59 Å². The molecule has 0 aromatic heterocycles. The number of carboxylic acid groups (broad SMARTS) is 1. The Balaban J connectivity index is 1.25. The number of amides is 2. The van der Waals surface area contributed by atoms with Crippen LogP contribution in [0.5, 0.6) is 0 Å². The highest BCUT2D eigenvalue weighted by Crippen LogP contribution is 2.44. The van der Waals surface area contributed by atoms with E-state index < -0.39 is 17.7 Å². The first-order valence-corrected chi connectivity index (χ1v) is 12.1. The van der Waals surface area contributed by atoms with Crippen molar-refractivity contribution in [3.63, 3.8) is 0 Å². The summed E-state index contributed by atoms with van der Waals surface area (Å²) < 4.78 is 5.59. The second kappa shape index (κ2) is 10.5. The number of aliphatic carboxylic acids is 1. The second-order valence-electron chi connectivity index (χ2n) is 9.73. The predicted molar refractivity (Wildman–Crippen MR) is 130 cm³/mol. The fraction of sp³-hybridized carbons (Fsp3) is 0.444.